The van der Waals surface area contributed by atoms with Crippen LogP contribution < -0.4 is 5.32 Å². The summed E-state index contributed by atoms with van der Waals surface area (Å²) in [6, 6.07) is 7.48. The fraction of sp³-hybridized carbons (Fsp3) is 0.462. The molecule has 0 aliphatic carbocycles. The van der Waals surface area contributed by atoms with Crippen molar-refractivity contribution in [2.45, 2.75) is 31.6 Å². The van der Waals surface area contributed by atoms with Gasteiger partial charge in [-0.2, -0.15) is 0 Å². The number of benzene rings is 1. The first kappa shape index (κ1) is 14.5. The van der Waals surface area contributed by atoms with Gasteiger partial charge in [0.25, 0.3) is 0 Å². The van der Waals surface area contributed by atoms with Gasteiger partial charge in [-0.1, -0.05) is 53.5 Å². The summed E-state index contributed by atoms with van der Waals surface area (Å²) in [7, 11) is 0. The van der Waals surface area contributed by atoms with Crippen LogP contribution in [0.25, 0.3) is 0 Å². The highest BCUT2D eigenvalue weighted by Gasteiger charge is 2.20. The smallest absolute Gasteiger partial charge is 0.234 e. The standard InChI is InChI=1S/C13H17BrClNO/c1-8(2)12(14)13(17)16-9(3)10-5-4-6-11(15)7-10/h4-9,12H,1-3H3,(H,16,17)/t9-,12?/m0/s1. The number of carbonyl (C=O) groups is 1. The first-order valence-electron chi connectivity index (χ1n) is 5.61. The lowest BCUT2D eigenvalue weighted by Gasteiger charge is -2.19. The summed E-state index contributed by atoms with van der Waals surface area (Å²) in [4.78, 5) is 11.7. The number of nitrogens with one attached hydrogen (secondary N) is 1. The Morgan fingerprint density at radius 3 is 2.53 bits per heavy atom. The Kier molecular flexibility index (Phi) is 5.47. The van der Waals surface area contributed by atoms with Crippen molar-refractivity contribution in [2.75, 3.05) is 0 Å². The van der Waals surface area contributed by atoms with Gasteiger partial charge in [0.15, 0.2) is 0 Å². The van der Waals surface area contributed by atoms with E-state index in [9.17, 15) is 4.79 Å². The van der Waals surface area contributed by atoms with Crippen molar-refractivity contribution in [3.8, 4) is 0 Å². The van der Waals surface area contributed by atoms with Gasteiger partial charge in [-0.25, -0.2) is 0 Å². The minimum absolute atomic E-state index is 0.00692. The fourth-order valence-corrected chi connectivity index (χ4v) is 1.79. The molecule has 0 aliphatic heterocycles. The molecule has 0 bridgehead atoms. The average molecular weight is 319 g/mol. The van der Waals surface area contributed by atoms with Crippen LogP contribution in [-0.4, -0.2) is 10.7 Å². The molecule has 1 aromatic carbocycles. The van der Waals surface area contributed by atoms with Crippen LogP contribution in [0, 0.1) is 5.92 Å². The van der Waals surface area contributed by atoms with Gasteiger partial charge in [0.05, 0.1) is 10.9 Å². The number of carbonyl (C=O) groups excluding carboxylic acids is 1. The van der Waals surface area contributed by atoms with E-state index in [0.717, 1.165) is 5.56 Å². The van der Waals surface area contributed by atoms with E-state index < -0.39 is 0 Å². The Hall–Kier alpha value is -0.540. The lowest BCUT2D eigenvalue weighted by Crippen LogP contribution is -2.35. The van der Waals surface area contributed by atoms with E-state index in [-0.39, 0.29) is 22.7 Å². The van der Waals surface area contributed by atoms with Gasteiger partial charge in [0, 0.05) is 5.02 Å². The number of amides is 1. The molecule has 0 fully saturated rings. The zero-order chi connectivity index (χ0) is 13.0. The van der Waals surface area contributed by atoms with Crippen LogP contribution in [0.2, 0.25) is 5.02 Å². The van der Waals surface area contributed by atoms with Crippen LogP contribution in [0.15, 0.2) is 24.3 Å². The Labute approximate surface area is 116 Å². The predicted molar refractivity (Wildman–Crippen MR) is 75.6 cm³/mol. The van der Waals surface area contributed by atoms with E-state index in [1.165, 1.54) is 0 Å². The SMILES string of the molecule is CC(C)C(Br)C(=O)N[C@@H](C)c1cccc(Cl)c1. The molecule has 0 spiro atoms. The summed E-state index contributed by atoms with van der Waals surface area (Å²) in [6.45, 7) is 5.95. The molecule has 0 radical (unpaired) electrons. The molecule has 1 unspecified atom stereocenters. The van der Waals surface area contributed by atoms with Gasteiger partial charge >= 0.3 is 0 Å². The molecule has 1 amide bonds. The van der Waals surface area contributed by atoms with Crippen LogP contribution in [0.5, 0.6) is 0 Å². The average Bonchev–Trinajstić information content (AvgIpc) is 2.27. The maximum Gasteiger partial charge on any atom is 0.234 e. The number of rotatable bonds is 4. The normalized spacial score (nSPS) is 14.5. The van der Waals surface area contributed by atoms with E-state index >= 15 is 0 Å². The predicted octanol–water partition coefficient (Wildman–Crippen LogP) is 3.94. The summed E-state index contributed by atoms with van der Waals surface area (Å²) < 4.78 is 0. The van der Waals surface area contributed by atoms with Crippen molar-refractivity contribution in [1.82, 2.24) is 5.32 Å². The molecule has 94 valence electrons. The van der Waals surface area contributed by atoms with Crippen LogP contribution in [0.4, 0.5) is 0 Å². The second-order valence-electron chi connectivity index (χ2n) is 4.43. The first-order chi connectivity index (χ1) is 7.91. The van der Waals surface area contributed by atoms with Crippen molar-refractivity contribution >= 4 is 33.4 Å². The molecular weight excluding hydrogens is 302 g/mol. The van der Waals surface area contributed by atoms with Gasteiger partial charge < -0.3 is 5.32 Å². The van der Waals surface area contributed by atoms with Gasteiger partial charge in [-0.3, -0.25) is 4.79 Å². The monoisotopic (exact) mass is 317 g/mol. The second kappa shape index (κ2) is 6.41. The molecule has 0 saturated carbocycles. The zero-order valence-corrected chi connectivity index (χ0v) is 12.5. The summed E-state index contributed by atoms with van der Waals surface area (Å²) in [6.07, 6.45) is 0. The zero-order valence-electron chi connectivity index (χ0n) is 10.2. The van der Waals surface area contributed by atoms with Crippen LogP contribution >= 0.6 is 27.5 Å². The molecule has 1 N–H and O–H groups in total. The van der Waals surface area contributed by atoms with Crippen LogP contribution in [0.1, 0.15) is 32.4 Å². The Bertz CT molecular complexity index is 395. The number of alkyl halides is 1. The third-order valence-corrected chi connectivity index (χ3v) is 4.25. The second-order valence-corrected chi connectivity index (χ2v) is 5.85. The molecule has 2 atom stereocenters. The molecule has 0 aliphatic rings. The molecular formula is C13H17BrClNO. The number of hydrogen-bond acceptors (Lipinski definition) is 1. The maximum atomic E-state index is 11.9. The quantitative estimate of drug-likeness (QED) is 0.837. The van der Waals surface area contributed by atoms with Crippen molar-refractivity contribution in [2.24, 2.45) is 5.92 Å². The Morgan fingerprint density at radius 2 is 2.00 bits per heavy atom. The van der Waals surface area contributed by atoms with Crippen molar-refractivity contribution < 1.29 is 4.79 Å². The fourth-order valence-electron chi connectivity index (χ4n) is 1.46. The highest BCUT2D eigenvalue weighted by molar-refractivity contribution is 9.10. The molecule has 0 heterocycles. The summed E-state index contributed by atoms with van der Waals surface area (Å²) in [5, 5.41) is 3.64. The summed E-state index contributed by atoms with van der Waals surface area (Å²) in [5.41, 5.74) is 1.01. The van der Waals surface area contributed by atoms with E-state index in [2.05, 4.69) is 21.2 Å². The summed E-state index contributed by atoms with van der Waals surface area (Å²) >= 11 is 9.30. The molecule has 1 rings (SSSR count). The minimum atomic E-state index is -0.163. The molecule has 2 nitrogen and oxygen atoms in total. The van der Waals surface area contributed by atoms with Crippen molar-refractivity contribution in [1.29, 1.82) is 0 Å². The van der Waals surface area contributed by atoms with Gasteiger partial charge in [-0.15, -0.1) is 0 Å². The van der Waals surface area contributed by atoms with E-state index in [1.807, 2.05) is 45.0 Å². The minimum Gasteiger partial charge on any atom is -0.349 e. The largest absolute Gasteiger partial charge is 0.349 e. The number of hydrogen-bond donors (Lipinski definition) is 1. The maximum absolute atomic E-state index is 11.9. The van der Waals surface area contributed by atoms with Gasteiger partial charge in [-0.05, 0) is 30.5 Å². The van der Waals surface area contributed by atoms with Crippen molar-refractivity contribution in [3.63, 3.8) is 0 Å². The molecule has 17 heavy (non-hydrogen) atoms. The van der Waals surface area contributed by atoms with Crippen LogP contribution in [0.3, 0.4) is 0 Å². The van der Waals surface area contributed by atoms with E-state index in [4.69, 9.17) is 11.6 Å². The van der Waals surface area contributed by atoms with Crippen molar-refractivity contribution in [3.05, 3.63) is 34.9 Å². The first-order valence-corrected chi connectivity index (χ1v) is 6.91. The number of halogens is 2. The lowest BCUT2D eigenvalue weighted by molar-refractivity contribution is -0.121. The Balaban J connectivity index is 2.66. The molecule has 0 aromatic heterocycles. The third-order valence-electron chi connectivity index (χ3n) is 2.54. The highest BCUT2D eigenvalue weighted by atomic mass is 79.9. The molecule has 4 heteroatoms. The Morgan fingerprint density at radius 1 is 1.35 bits per heavy atom. The molecule has 1 aromatic rings. The lowest BCUT2D eigenvalue weighted by atomic mass is 10.1. The van der Waals surface area contributed by atoms with E-state index in [0.29, 0.717) is 5.02 Å². The van der Waals surface area contributed by atoms with Gasteiger partial charge in [0.1, 0.15) is 0 Å². The summed E-state index contributed by atoms with van der Waals surface area (Å²) in [5.74, 6) is 0.272. The van der Waals surface area contributed by atoms with Gasteiger partial charge in [0.2, 0.25) is 5.91 Å². The third kappa shape index (κ3) is 4.32. The van der Waals surface area contributed by atoms with E-state index in [1.54, 1.807) is 0 Å². The topological polar surface area (TPSA) is 29.1 Å². The molecule has 0 saturated heterocycles. The highest BCUT2D eigenvalue weighted by Crippen LogP contribution is 2.19. The van der Waals surface area contributed by atoms with Crippen LogP contribution in [-0.2, 0) is 4.79 Å².